The molecule has 3 heterocycles. The zero-order valence-corrected chi connectivity index (χ0v) is 19.8. The first-order valence-electron chi connectivity index (χ1n) is 11.1. The normalized spacial score (nSPS) is 13.9. The number of ether oxygens (including phenoxy) is 1. The molecule has 3 aromatic rings. The zero-order chi connectivity index (χ0) is 26.7. The largest absolute Gasteiger partial charge is 0.436 e. The number of amides is 1. The SMILES string of the molecule is CNc1c(Oc2cccc(C(=O)N3CCN(c4ncc(C(F)(F)F)cn4)CC3)c2)n[nH]c(=O)c1C(C)=O. The summed E-state index contributed by atoms with van der Waals surface area (Å²) in [6.45, 7) is 2.54. The van der Waals surface area contributed by atoms with E-state index < -0.39 is 23.1 Å². The first kappa shape index (κ1) is 25.6. The van der Waals surface area contributed by atoms with E-state index >= 15 is 0 Å². The maximum atomic E-state index is 13.1. The molecule has 0 spiro atoms. The number of aromatic amines is 1. The second-order valence-corrected chi connectivity index (χ2v) is 8.09. The summed E-state index contributed by atoms with van der Waals surface area (Å²) in [5.41, 5.74) is -1.26. The number of carbonyl (C=O) groups excluding carboxylic acids is 2. The molecule has 1 fully saturated rings. The standard InChI is InChI=1S/C23H22F3N7O4/c1-13(34)17-18(27-2)20(31-30-19(17)35)37-16-5-3-4-14(10-16)21(36)32-6-8-33(9-7-32)22-28-11-15(12-29-22)23(24,25)26/h3-5,10-12H,6-9H2,1-2H3,(H2,27,30,35). The molecule has 14 heteroatoms. The van der Waals surface area contributed by atoms with E-state index in [4.69, 9.17) is 4.74 Å². The summed E-state index contributed by atoms with van der Waals surface area (Å²) in [5, 5.41) is 8.83. The molecule has 0 aliphatic carbocycles. The number of hydrogen-bond acceptors (Lipinski definition) is 9. The Balaban J connectivity index is 1.44. The van der Waals surface area contributed by atoms with Crippen LogP contribution >= 0.6 is 0 Å². The number of nitrogens with one attached hydrogen (secondary N) is 2. The average molecular weight is 517 g/mol. The highest BCUT2D eigenvalue weighted by molar-refractivity contribution is 6.00. The van der Waals surface area contributed by atoms with E-state index in [1.807, 2.05) is 0 Å². The Hall–Kier alpha value is -4.49. The fraction of sp³-hybridized carbons (Fsp3) is 0.304. The summed E-state index contributed by atoms with van der Waals surface area (Å²) in [4.78, 5) is 47.9. The molecule has 1 aliphatic rings. The minimum atomic E-state index is -4.51. The molecule has 0 saturated carbocycles. The van der Waals surface area contributed by atoms with Gasteiger partial charge in [-0.25, -0.2) is 15.1 Å². The Bertz CT molecular complexity index is 1370. The molecule has 1 aromatic carbocycles. The Kier molecular flexibility index (Phi) is 7.09. The molecule has 1 amide bonds. The van der Waals surface area contributed by atoms with E-state index in [1.165, 1.54) is 20.0 Å². The van der Waals surface area contributed by atoms with Gasteiger partial charge < -0.3 is 19.9 Å². The van der Waals surface area contributed by atoms with Crippen molar-refractivity contribution in [2.45, 2.75) is 13.1 Å². The van der Waals surface area contributed by atoms with E-state index in [0.717, 1.165) is 12.4 Å². The number of hydrogen-bond donors (Lipinski definition) is 2. The van der Waals surface area contributed by atoms with Gasteiger partial charge in [-0.3, -0.25) is 14.4 Å². The summed E-state index contributed by atoms with van der Waals surface area (Å²) >= 11 is 0. The Morgan fingerprint density at radius 1 is 1.11 bits per heavy atom. The number of carbonyl (C=O) groups is 2. The van der Waals surface area contributed by atoms with Crippen molar-refractivity contribution in [3.8, 4) is 11.6 Å². The van der Waals surface area contributed by atoms with Crippen LogP contribution in [0.15, 0.2) is 41.5 Å². The molecule has 4 rings (SSSR count). The second kappa shape index (κ2) is 10.2. The summed E-state index contributed by atoms with van der Waals surface area (Å²) in [6, 6.07) is 6.33. The van der Waals surface area contributed by atoms with Crippen molar-refractivity contribution in [3.05, 3.63) is 63.7 Å². The number of alkyl halides is 3. The van der Waals surface area contributed by atoms with Crippen molar-refractivity contribution < 1.29 is 27.5 Å². The van der Waals surface area contributed by atoms with Crippen molar-refractivity contribution in [1.82, 2.24) is 25.1 Å². The number of aromatic nitrogens is 4. The first-order chi connectivity index (χ1) is 17.6. The van der Waals surface area contributed by atoms with E-state index in [2.05, 4.69) is 25.5 Å². The number of nitrogens with zero attached hydrogens (tertiary/aromatic N) is 5. The molecule has 11 nitrogen and oxygen atoms in total. The minimum absolute atomic E-state index is 0.0398. The molecule has 1 aliphatic heterocycles. The Morgan fingerprint density at radius 3 is 2.38 bits per heavy atom. The zero-order valence-electron chi connectivity index (χ0n) is 19.8. The van der Waals surface area contributed by atoms with Crippen LogP contribution in [-0.4, -0.2) is 70.0 Å². The van der Waals surface area contributed by atoms with Crippen LogP contribution in [0.1, 0.15) is 33.2 Å². The summed E-state index contributed by atoms with van der Waals surface area (Å²) in [5.74, 6) is -0.363. The van der Waals surface area contributed by atoms with Gasteiger partial charge in [-0.05, 0) is 25.1 Å². The van der Waals surface area contributed by atoms with E-state index in [0.29, 0.717) is 31.7 Å². The number of anilines is 2. The van der Waals surface area contributed by atoms with Crippen LogP contribution in [-0.2, 0) is 6.18 Å². The van der Waals surface area contributed by atoms with Crippen LogP contribution in [0.4, 0.5) is 24.8 Å². The van der Waals surface area contributed by atoms with Crippen molar-refractivity contribution in [2.24, 2.45) is 0 Å². The molecule has 0 radical (unpaired) electrons. The van der Waals surface area contributed by atoms with Gasteiger partial charge in [0.1, 0.15) is 17.0 Å². The number of H-pyrrole nitrogens is 1. The van der Waals surface area contributed by atoms with Gasteiger partial charge in [0.15, 0.2) is 5.78 Å². The van der Waals surface area contributed by atoms with Crippen LogP contribution in [0.3, 0.4) is 0 Å². The van der Waals surface area contributed by atoms with Crippen LogP contribution in [0, 0.1) is 0 Å². The van der Waals surface area contributed by atoms with Gasteiger partial charge in [0.25, 0.3) is 17.3 Å². The van der Waals surface area contributed by atoms with E-state index in [1.54, 1.807) is 28.0 Å². The van der Waals surface area contributed by atoms with Crippen molar-refractivity contribution >= 4 is 23.3 Å². The van der Waals surface area contributed by atoms with Crippen LogP contribution in [0.2, 0.25) is 0 Å². The number of piperazine rings is 1. The Morgan fingerprint density at radius 2 is 1.78 bits per heavy atom. The molecule has 2 aromatic heterocycles. The van der Waals surface area contributed by atoms with Gasteiger partial charge in [-0.1, -0.05) is 6.07 Å². The maximum absolute atomic E-state index is 13.1. The monoisotopic (exact) mass is 517 g/mol. The highest BCUT2D eigenvalue weighted by Gasteiger charge is 2.32. The smallest absolute Gasteiger partial charge is 0.419 e. The molecular formula is C23H22F3N7O4. The van der Waals surface area contributed by atoms with E-state index in [-0.39, 0.29) is 34.7 Å². The molecule has 2 N–H and O–H groups in total. The summed E-state index contributed by atoms with van der Waals surface area (Å²) in [6.07, 6.45) is -3.04. The lowest BCUT2D eigenvalue weighted by atomic mass is 10.1. The highest BCUT2D eigenvalue weighted by Crippen LogP contribution is 2.30. The average Bonchev–Trinajstić information content (AvgIpc) is 2.88. The first-order valence-corrected chi connectivity index (χ1v) is 11.1. The number of Topliss-reactive ketones (excluding diaryl/α,β-unsaturated/α-hetero) is 1. The third-order valence-electron chi connectivity index (χ3n) is 5.66. The third-order valence-corrected chi connectivity index (χ3v) is 5.66. The fourth-order valence-corrected chi connectivity index (χ4v) is 3.80. The van der Waals surface area contributed by atoms with Crippen LogP contribution in [0.5, 0.6) is 11.6 Å². The molecule has 0 atom stereocenters. The van der Waals surface area contributed by atoms with Gasteiger partial charge in [-0.2, -0.15) is 13.2 Å². The maximum Gasteiger partial charge on any atom is 0.419 e. The molecule has 194 valence electrons. The molecule has 0 bridgehead atoms. The lowest BCUT2D eigenvalue weighted by Crippen LogP contribution is -2.49. The predicted octanol–water partition coefficient (Wildman–Crippen LogP) is 2.58. The van der Waals surface area contributed by atoms with Gasteiger partial charge in [-0.15, -0.1) is 5.10 Å². The molecule has 37 heavy (non-hydrogen) atoms. The van der Waals surface area contributed by atoms with Crippen molar-refractivity contribution in [2.75, 3.05) is 43.4 Å². The third kappa shape index (κ3) is 5.52. The summed E-state index contributed by atoms with van der Waals surface area (Å²) < 4.78 is 44.0. The van der Waals surface area contributed by atoms with Gasteiger partial charge in [0.2, 0.25) is 5.95 Å². The molecule has 1 saturated heterocycles. The van der Waals surface area contributed by atoms with Crippen molar-refractivity contribution in [3.63, 3.8) is 0 Å². The van der Waals surface area contributed by atoms with Crippen LogP contribution in [0.25, 0.3) is 0 Å². The Labute approximate surface area is 208 Å². The number of ketones is 1. The van der Waals surface area contributed by atoms with Gasteiger partial charge in [0.05, 0.1) is 5.56 Å². The van der Waals surface area contributed by atoms with Crippen molar-refractivity contribution in [1.29, 1.82) is 0 Å². The number of halogens is 3. The van der Waals surface area contributed by atoms with Crippen LogP contribution < -0.4 is 20.5 Å². The van der Waals surface area contributed by atoms with Gasteiger partial charge in [0, 0.05) is 51.2 Å². The molecule has 0 unspecified atom stereocenters. The highest BCUT2D eigenvalue weighted by atomic mass is 19.4. The lowest BCUT2D eigenvalue weighted by molar-refractivity contribution is -0.138. The number of rotatable bonds is 6. The number of benzene rings is 1. The second-order valence-electron chi connectivity index (χ2n) is 8.09. The molecular weight excluding hydrogens is 495 g/mol. The summed E-state index contributed by atoms with van der Waals surface area (Å²) in [7, 11) is 1.52. The fourth-order valence-electron chi connectivity index (χ4n) is 3.80. The minimum Gasteiger partial charge on any atom is -0.436 e. The quantitative estimate of drug-likeness (QED) is 0.473. The van der Waals surface area contributed by atoms with E-state index in [9.17, 15) is 27.6 Å². The van der Waals surface area contributed by atoms with Gasteiger partial charge >= 0.3 is 6.18 Å². The lowest BCUT2D eigenvalue weighted by Gasteiger charge is -2.34. The topological polar surface area (TPSA) is 133 Å². The predicted molar refractivity (Wildman–Crippen MR) is 126 cm³/mol.